The van der Waals surface area contributed by atoms with Gasteiger partial charge in [0.15, 0.2) is 0 Å². The van der Waals surface area contributed by atoms with Crippen LogP contribution >= 0.6 is 11.3 Å². The lowest BCUT2D eigenvalue weighted by Gasteiger charge is -2.38. The molecule has 0 N–H and O–H groups in total. The van der Waals surface area contributed by atoms with Gasteiger partial charge in [-0.05, 0) is 82.2 Å². The summed E-state index contributed by atoms with van der Waals surface area (Å²) in [5.41, 5.74) is 11.9. The number of para-hydroxylation sites is 1. The zero-order valence-electron chi connectivity index (χ0n) is 30.6. The van der Waals surface area contributed by atoms with Crippen LogP contribution in [0.3, 0.4) is 0 Å². The van der Waals surface area contributed by atoms with E-state index in [-0.39, 0.29) is 18.1 Å². The van der Waals surface area contributed by atoms with E-state index in [1.54, 1.807) is 0 Å². The van der Waals surface area contributed by atoms with Crippen molar-refractivity contribution in [3.63, 3.8) is 0 Å². The Labute approximate surface area is 326 Å². The summed E-state index contributed by atoms with van der Waals surface area (Å²) < 4.78 is 9.18. The second-order valence-corrected chi connectivity index (χ2v) is 16.4. The molecule has 55 heavy (non-hydrogen) atoms. The monoisotopic (exact) mass is 727 g/mol. The predicted molar refractivity (Wildman–Crippen MR) is 231 cm³/mol. The Morgan fingerprint density at radius 3 is 2.45 bits per heavy atom. The molecule has 5 aromatic rings. The second kappa shape index (κ2) is 13.4. The van der Waals surface area contributed by atoms with E-state index in [0.29, 0.717) is 11.8 Å². The van der Waals surface area contributed by atoms with Crippen molar-refractivity contribution in [1.82, 2.24) is 0 Å². The maximum Gasteiger partial charge on any atom is 0.128 e. The number of anilines is 1. The van der Waals surface area contributed by atoms with E-state index in [1.165, 1.54) is 70.2 Å². The van der Waals surface area contributed by atoms with E-state index in [9.17, 15) is 0 Å². The zero-order chi connectivity index (χ0) is 36.3. The number of allylic oxidation sites excluding steroid dienone is 12. The molecule has 0 radical (unpaired) electrons. The van der Waals surface area contributed by atoms with E-state index in [0.717, 1.165) is 25.0 Å². The molecule has 6 aliphatic rings. The average Bonchev–Trinajstić information content (AvgIpc) is 3.83. The molecule has 2 heterocycles. The van der Waals surface area contributed by atoms with Crippen molar-refractivity contribution in [3.05, 3.63) is 208 Å². The molecule has 0 bridgehead atoms. The maximum absolute atomic E-state index is 6.40. The Hall–Kier alpha value is -5.90. The minimum atomic E-state index is 0.0328. The Balaban J connectivity index is 1.01. The Kier molecular flexibility index (Phi) is 7.95. The SMILES string of the molecule is C1=CC2C=CC=C(C3=CC=CC(N(C4=c5sc6c(-c7ccccc7)cccc6c5=CCC4)c4ccc(C5=CC6Oc7ccccc7C6C=C5)cc4)C3)C2C=C1. The van der Waals surface area contributed by atoms with Crippen LogP contribution in [0.1, 0.15) is 36.3 Å². The summed E-state index contributed by atoms with van der Waals surface area (Å²) in [7, 11) is 0. The van der Waals surface area contributed by atoms with Crippen LogP contribution < -0.4 is 19.4 Å². The molecule has 4 aromatic carbocycles. The van der Waals surface area contributed by atoms with Gasteiger partial charge in [0.2, 0.25) is 0 Å². The molecular weight excluding hydrogens is 687 g/mol. The van der Waals surface area contributed by atoms with Crippen molar-refractivity contribution in [1.29, 1.82) is 0 Å². The van der Waals surface area contributed by atoms with Crippen LogP contribution in [0.2, 0.25) is 0 Å². The minimum absolute atomic E-state index is 0.0328. The molecule has 266 valence electrons. The van der Waals surface area contributed by atoms with E-state index in [4.69, 9.17) is 4.74 Å². The highest BCUT2D eigenvalue weighted by Gasteiger charge is 2.34. The normalized spacial score (nSPS) is 24.2. The summed E-state index contributed by atoms with van der Waals surface area (Å²) in [6.45, 7) is 0. The van der Waals surface area contributed by atoms with Crippen LogP contribution in [0.25, 0.3) is 38.6 Å². The number of rotatable bonds is 6. The van der Waals surface area contributed by atoms with Gasteiger partial charge in [-0.25, -0.2) is 0 Å². The summed E-state index contributed by atoms with van der Waals surface area (Å²) in [4.78, 5) is 2.68. The van der Waals surface area contributed by atoms with Crippen LogP contribution in [-0.4, -0.2) is 12.1 Å². The molecule has 1 aliphatic heterocycles. The van der Waals surface area contributed by atoms with Crippen LogP contribution in [0, 0.1) is 11.8 Å². The molecule has 2 nitrogen and oxygen atoms in total. The number of benzene rings is 4. The third-order valence-corrected chi connectivity index (χ3v) is 13.5. The van der Waals surface area contributed by atoms with Crippen molar-refractivity contribution in [2.24, 2.45) is 11.8 Å². The first-order valence-corrected chi connectivity index (χ1v) is 20.6. The molecule has 11 rings (SSSR count). The standard InChI is InChI=1S/C52H41NOS/c1-2-12-36(13-3-1)43-21-10-22-46-47-23-11-24-48(52(47)55-51(43)46)53(40-17-8-16-38(32-40)42-20-9-15-35-14-4-5-18-41(35)42)39-29-26-34(27-30-39)37-28-31-45-44-19-6-7-25-49(44)54-50(45)33-37/h1-10,12-23,25-31,33,35,40-41,45,50H,11,24,32H2. The molecule has 5 atom stereocenters. The lowest BCUT2D eigenvalue weighted by Crippen LogP contribution is -2.40. The summed E-state index contributed by atoms with van der Waals surface area (Å²) in [6, 6.07) is 35.7. The number of nitrogens with zero attached hydrogens (tertiary/aromatic N) is 1. The second-order valence-electron chi connectivity index (χ2n) is 15.4. The van der Waals surface area contributed by atoms with Crippen LogP contribution in [0.4, 0.5) is 5.69 Å². The molecule has 1 aromatic heterocycles. The summed E-state index contributed by atoms with van der Waals surface area (Å²) in [5.74, 6) is 2.09. The lowest BCUT2D eigenvalue weighted by molar-refractivity contribution is 0.269. The van der Waals surface area contributed by atoms with Gasteiger partial charge in [-0.3, -0.25) is 0 Å². The number of ether oxygens (including phenoxy) is 1. The summed E-state index contributed by atoms with van der Waals surface area (Å²) >= 11 is 1.97. The molecule has 0 fully saturated rings. The van der Waals surface area contributed by atoms with Crippen molar-refractivity contribution in [2.75, 3.05) is 4.90 Å². The van der Waals surface area contributed by atoms with E-state index >= 15 is 0 Å². The highest BCUT2D eigenvalue weighted by atomic mass is 32.1. The number of hydrogen-bond acceptors (Lipinski definition) is 3. The van der Waals surface area contributed by atoms with Crippen molar-refractivity contribution in [3.8, 4) is 16.9 Å². The van der Waals surface area contributed by atoms with Crippen LogP contribution in [0.15, 0.2) is 187 Å². The molecule has 0 saturated heterocycles. The largest absolute Gasteiger partial charge is 0.485 e. The van der Waals surface area contributed by atoms with E-state index in [1.807, 2.05) is 11.3 Å². The highest BCUT2D eigenvalue weighted by molar-refractivity contribution is 7.17. The highest BCUT2D eigenvalue weighted by Crippen LogP contribution is 2.44. The topological polar surface area (TPSA) is 12.5 Å². The van der Waals surface area contributed by atoms with Gasteiger partial charge in [0.1, 0.15) is 11.9 Å². The third-order valence-electron chi connectivity index (χ3n) is 12.2. The number of fused-ring (bicyclic) bond motifs is 7. The minimum Gasteiger partial charge on any atom is -0.485 e. The van der Waals surface area contributed by atoms with Gasteiger partial charge in [-0.1, -0.05) is 158 Å². The van der Waals surface area contributed by atoms with Gasteiger partial charge in [0, 0.05) is 44.8 Å². The first-order chi connectivity index (χ1) is 27.3. The van der Waals surface area contributed by atoms with Gasteiger partial charge in [-0.2, -0.15) is 0 Å². The summed E-state index contributed by atoms with van der Waals surface area (Å²) in [6.07, 6.45) is 35.6. The maximum atomic E-state index is 6.40. The van der Waals surface area contributed by atoms with Crippen molar-refractivity contribution >= 4 is 44.5 Å². The molecule has 0 spiro atoms. The molecule has 0 saturated carbocycles. The summed E-state index contributed by atoms with van der Waals surface area (Å²) in [5, 5.41) is 2.75. The van der Waals surface area contributed by atoms with Crippen LogP contribution in [-0.2, 0) is 0 Å². The zero-order valence-corrected chi connectivity index (χ0v) is 31.4. The Morgan fingerprint density at radius 2 is 1.53 bits per heavy atom. The van der Waals surface area contributed by atoms with Crippen molar-refractivity contribution in [2.45, 2.75) is 37.3 Å². The predicted octanol–water partition coefficient (Wildman–Crippen LogP) is 11.4. The fourth-order valence-electron chi connectivity index (χ4n) is 9.59. The first kappa shape index (κ1) is 32.5. The fourth-order valence-corrected chi connectivity index (χ4v) is 11.0. The van der Waals surface area contributed by atoms with Gasteiger partial charge >= 0.3 is 0 Å². The third kappa shape index (κ3) is 5.60. The quantitative estimate of drug-likeness (QED) is 0.173. The van der Waals surface area contributed by atoms with Gasteiger partial charge < -0.3 is 9.64 Å². The van der Waals surface area contributed by atoms with Crippen LogP contribution in [0.5, 0.6) is 5.75 Å². The number of thiophene rings is 1. The van der Waals surface area contributed by atoms with Gasteiger partial charge in [-0.15, -0.1) is 11.3 Å². The Bertz CT molecular complexity index is 2730. The fraction of sp³-hybridized carbons (Fsp3) is 0.154. The smallest absolute Gasteiger partial charge is 0.128 e. The first-order valence-electron chi connectivity index (χ1n) is 19.7. The number of hydrogen-bond donors (Lipinski definition) is 0. The Morgan fingerprint density at radius 1 is 0.691 bits per heavy atom. The molecular formula is C52H41NOS. The lowest BCUT2D eigenvalue weighted by atomic mass is 9.75. The van der Waals surface area contributed by atoms with E-state index in [2.05, 4.69) is 187 Å². The average molecular weight is 728 g/mol. The van der Waals surface area contributed by atoms with E-state index < -0.39 is 0 Å². The molecule has 3 heteroatoms. The molecule has 5 aliphatic carbocycles. The van der Waals surface area contributed by atoms with Crippen molar-refractivity contribution < 1.29 is 4.74 Å². The van der Waals surface area contributed by atoms with Gasteiger partial charge in [0.05, 0.1) is 10.6 Å². The molecule has 5 unspecified atom stereocenters. The molecule has 0 amide bonds. The van der Waals surface area contributed by atoms with Gasteiger partial charge in [0.25, 0.3) is 0 Å².